The Morgan fingerprint density at radius 2 is 0.809 bits per heavy atom. The molecule has 498 valence electrons. The van der Waals surface area contributed by atoms with Gasteiger partial charge in [0.1, 0.15) is 31.0 Å². The van der Waals surface area contributed by atoms with Crippen molar-refractivity contribution in [2.24, 2.45) is 30.7 Å². The molecule has 1 heterocycles. The Morgan fingerprint density at radius 3 is 1.21 bits per heavy atom. The monoisotopic (exact) mass is 1460 g/mol. The minimum atomic E-state index is -5.10. The number of aromatic nitrogens is 3. The Hall–Kier alpha value is -9.11. The van der Waals surface area contributed by atoms with Gasteiger partial charge >= 0.3 is 20.8 Å². The van der Waals surface area contributed by atoms with Crippen LogP contribution in [0.1, 0.15) is 5.56 Å². The minimum Gasteiger partial charge on any atom is -0.398 e. The average Bonchev–Trinajstić information content (AvgIpc) is 0.832. The van der Waals surface area contributed by atoms with Crippen molar-refractivity contribution in [3.63, 3.8) is 0 Å². The summed E-state index contributed by atoms with van der Waals surface area (Å²) < 4.78 is 260. The molecule has 38 nitrogen and oxygen atoms in total. The van der Waals surface area contributed by atoms with Gasteiger partial charge in [0.2, 0.25) is 17.8 Å². The lowest BCUT2D eigenvalue weighted by Gasteiger charge is -2.15. The molecule has 0 aliphatic carbocycles. The van der Waals surface area contributed by atoms with Gasteiger partial charge in [-0.05, 0) is 122 Å². The molecule has 0 radical (unpaired) electrons. The topological polar surface area (TPSA) is 614 Å². The van der Waals surface area contributed by atoms with Crippen molar-refractivity contribution in [3.05, 3.63) is 127 Å². The maximum atomic E-state index is 12.8. The largest absolute Gasteiger partial charge is 0.398 e. The van der Waals surface area contributed by atoms with Crippen LogP contribution in [0.4, 0.5) is 80.4 Å². The molecule has 0 spiro atoms. The van der Waals surface area contributed by atoms with E-state index in [4.69, 9.17) is 20.6 Å². The van der Waals surface area contributed by atoms with Crippen LogP contribution in [0.2, 0.25) is 0 Å². The smallest absolute Gasteiger partial charge is 0.397 e. The van der Waals surface area contributed by atoms with Crippen molar-refractivity contribution >= 4 is 172 Å². The number of hydrogen-bond acceptors (Lipinski definition) is 32. The van der Waals surface area contributed by atoms with Gasteiger partial charge in [0, 0.05) is 16.5 Å². The maximum absolute atomic E-state index is 12.8. The second kappa shape index (κ2) is 27.1. The molecule has 13 N–H and O–H groups in total. The lowest BCUT2D eigenvalue weighted by Crippen LogP contribution is -2.15. The Bertz CT molecular complexity index is 5200. The van der Waals surface area contributed by atoms with Crippen LogP contribution in [-0.2, 0) is 89.3 Å². The van der Waals surface area contributed by atoms with Crippen LogP contribution < -0.4 is 27.4 Å². The van der Waals surface area contributed by atoms with Crippen LogP contribution in [-0.4, -0.2) is 134 Å². The lowest BCUT2D eigenvalue weighted by molar-refractivity contribution is 0.282. The summed E-state index contributed by atoms with van der Waals surface area (Å²) in [7, 11) is -38.5. The number of azo groups is 3. The van der Waals surface area contributed by atoms with E-state index >= 15 is 0 Å². The molecule has 0 saturated carbocycles. The Labute approximate surface area is 532 Å². The van der Waals surface area contributed by atoms with Crippen LogP contribution in [0.25, 0.3) is 10.8 Å². The number of nitrogens with two attached hydrogens (primary N) is 2. The first-order valence-corrected chi connectivity index (χ1v) is 37.0. The summed E-state index contributed by atoms with van der Waals surface area (Å²) in [6, 6.07) is 21.7. The fraction of sp³-hybridized carbons (Fsp3) is 0.104. The molecule has 8 rings (SSSR count). The van der Waals surface area contributed by atoms with Crippen LogP contribution in [0.15, 0.2) is 181 Å². The van der Waals surface area contributed by atoms with E-state index in [1.54, 1.807) is 0 Å². The standard InChI is InChI=1S/C48H44N14O24S8/c1-26-19-29(9-14-37(26)60-59-30-20-34-33(43(21-30)90(70,71)72)3-2-4-42(34)89(67,68)69)51-46-54-47(52-38-22-35(49)44(91(73,74)75)24-40(38)61-57-27-5-10-31(11-6-27)87(63,64)17-15-85-93(79,80)81)56-48(55-46)53-39-23-36(50)45(92(76,77)78)25-41(39)62-58-28-7-12-32(13-8-28)88(65,66)18-16-86-94(82,83)84/h2-14,19-25H,15-18,49-50H2,1H3,(H,67,68,69)(H,70,71,72)(H,73,74,75)(H,76,77,78)(H,79,80,81)(H,82,83,84)(H3,51,52,53,54,55,56)/b60-59+,61-57+,62-58+. The highest BCUT2D eigenvalue weighted by Crippen LogP contribution is 2.40. The van der Waals surface area contributed by atoms with Gasteiger partial charge in [-0.2, -0.15) is 85.9 Å². The number of nitrogen functional groups attached to an aromatic ring is 2. The molecule has 0 bridgehead atoms. The van der Waals surface area contributed by atoms with E-state index < -0.39 is 160 Å². The third-order valence-electron chi connectivity index (χ3n) is 12.2. The molecular formula is C48H44N14O24S8. The van der Waals surface area contributed by atoms with Gasteiger partial charge in [-0.1, -0.05) is 12.1 Å². The summed E-state index contributed by atoms with van der Waals surface area (Å²) in [6.07, 6.45) is 0. The van der Waals surface area contributed by atoms with Crippen molar-refractivity contribution in [2.45, 2.75) is 36.3 Å². The number of benzene rings is 7. The van der Waals surface area contributed by atoms with Gasteiger partial charge in [-0.15, -0.1) is 10.2 Å². The number of rotatable bonds is 26. The van der Waals surface area contributed by atoms with Crippen LogP contribution >= 0.6 is 0 Å². The van der Waals surface area contributed by atoms with Gasteiger partial charge in [-0.25, -0.2) is 25.2 Å². The molecule has 0 saturated heterocycles. The minimum absolute atomic E-state index is 0.0845. The zero-order chi connectivity index (χ0) is 69.1. The molecule has 7 aromatic carbocycles. The van der Waals surface area contributed by atoms with Gasteiger partial charge in [0.05, 0.1) is 80.0 Å². The maximum Gasteiger partial charge on any atom is 0.397 e. The second-order valence-electron chi connectivity index (χ2n) is 18.9. The molecular weight excluding hydrogens is 1410 g/mol. The van der Waals surface area contributed by atoms with Crippen molar-refractivity contribution in [1.29, 1.82) is 0 Å². The molecule has 0 aliphatic rings. The number of hydrogen-bond donors (Lipinski definition) is 11. The highest BCUT2D eigenvalue weighted by atomic mass is 32.3. The fourth-order valence-corrected chi connectivity index (χ4v) is 13.7. The molecule has 46 heteroatoms. The second-order valence-corrected chi connectivity index (χ2v) is 30.9. The van der Waals surface area contributed by atoms with E-state index in [0.29, 0.717) is 5.56 Å². The van der Waals surface area contributed by atoms with E-state index in [1.165, 1.54) is 31.2 Å². The Kier molecular flexibility index (Phi) is 20.4. The molecule has 0 amide bonds. The van der Waals surface area contributed by atoms with Crippen LogP contribution in [0.5, 0.6) is 0 Å². The first kappa shape index (κ1) is 70.8. The normalized spacial score (nSPS) is 13.1. The van der Waals surface area contributed by atoms with Gasteiger partial charge in [0.15, 0.2) is 19.7 Å². The van der Waals surface area contributed by atoms with E-state index in [9.17, 15) is 85.6 Å². The number of fused-ring (bicyclic) bond motifs is 1. The fourth-order valence-electron chi connectivity index (χ4n) is 8.06. The van der Waals surface area contributed by atoms with E-state index in [2.05, 4.69) is 70.0 Å². The molecule has 1 aromatic heterocycles. The molecule has 94 heavy (non-hydrogen) atoms. The summed E-state index contributed by atoms with van der Waals surface area (Å²) in [4.78, 5) is 9.20. The van der Waals surface area contributed by atoms with Crippen LogP contribution in [0.3, 0.4) is 0 Å². The highest BCUT2D eigenvalue weighted by molar-refractivity contribution is 7.92. The quantitative estimate of drug-likeness (QED) is 0.0146. The summed E-state index contributed by atoms with van der Waals surface area (Å²) in [5, 5.41) is 32.2. The highest BCUT2D eigenvalue weighted by Gasteiger charge is 2.25. The zero-order valence-electron chi connectivity index (χ0n) is 46.9. The number of nitrogens with zero attached hydrogens (tertiary/aromatic N) is 9. The van der Waals surface area contributed by atoms with Crippen molar-refractivity contribution in [3.8, 4) is 0 Å². The first-order valence-electron chi connectivity index (χ1n) is 25.2. The molecule has 0 unspecified atom stereocenters. The molecule has 0 aliphatic heterocycles. The number of sulfone groups is 2. The number of anilines is 8. The lowest BCUT2D eigenvalue weighted by atomic mass is 10.1. The summed E-state index contributed by atoms with van der Waals surface area (Å²) in [5.41, 5.74) is 9.73. The summed E-state index contributed by atoms with van der Waals surface area (Å²) in [5.74, 6) is -3.14. The number of aryl methyl sites for hydroxylation is 1. The van der Waals surface area contributed by atoms with Crippen molar-refractivity contribution in [1.82, 2.24) is 15.0 Å². The zero-order valence-corrected chi connectivity index (χ0v) is 53.4. The third-order valence-corrected chi connectivity index (χ3v) is 20.2. The third kappa shape index (κ3) is 18.6. The van der Waals surface area contributed by atoms with Crippen molar-refractivity contribution in [2.75, 3.05) is 52.1 Å². The Balaban J connectivity index is 1.19. The number of nitrogens with one attached hydrogen (secondary N) is 3. The predicted molar refractivity (Wildman–Crippen MR) is 330 cm³/mol. The summed E-state index contributed by atoms with van der Waals surface area (Å²) >= 11 is 0. The Morgan fingerprint density at radius 1 is 0.404 bits per heavy atom. The summed E-state index contributed by atoms with van der Waals surface area (Å²) in [6.45, 7) is -0.339. The van der Waals surface area contributed by atoms with E-state index in [0.717, 1.165) is 97.1 Å². The van der Waals surface area contributed by atoms with Gasteiger partial charge in [-0.3, -0.25) is 27.3 Å². The van der Waals surface area contributed by atoms with E-state index in [1.807, 2.05) is 0 Å². The van der Waals surface area contributed by atoms with Gasteiger partial charge < -0.3 is 27.4 Å². The van der Waals surface area contributed by atoms with Gasteiger partial charge in [0.25, 0.3) is 40.5 Å². The van der Waals surface area contributed by atoms with E-state index in [-0.39, 0.29) is 66.3 Å². The predicted octanol–water partition coefficient (Wildman–Crippen LogP) is 7.15. The SMILES string of the molecule is Cc1cc(Nc2nc(Nc3cc(N)c(S(=O)(=O)O)cc3/N=N/c3ccc(S(=O)(=O)CCOS(=O)(=O)O)cc3)nc(Nc3cc(N)c(S(=O)(=O)O)cc3/N=N/c3ccc(S(=O)(=O)CCOS(=O)(=O)O)cc3)n2)ccc1/N=N/c1cc(S(=O)(=O)O)c2cccc(S(=O)(=O)O)c2c1. The molecule has 8 aromatic rings. The molecule has 0 fully saturated rings. The van der Waals surface area contributed by atoms with Crippen LogP contribution in [0, 0.1) is 6.92 Å². The van der Waals surface area contributed by atoms with Crippen molar-refractivity contribution < 1.29 is 103 Å². The molecule has 0 atom stereocenters. The first-order chi connectivity index (χ1) is 43.5. The average molecular weight is 1460 g/mol.